The number of nitriles is 1. The van der Waals surface area contributed by atoms with E-state index in [0.29, 0.717) is 6.07 Å². The van der Waals surface area contributed by atoms with Gasteiger partial charge in [-0.25, -0.2) is 9.97 Å². The predicted octanol–water partition coefficient (Wildman–Crippen LogP) is 1.09. The second kappa shape index (κ2) is 4.23. The highest BCUT2D eigenvalue weighted by Crippen LogP contribution is 2.27. The number of alkyl halides is 3. The molecule has 1 heterocycles. The molecule has 1 N–H and O–H groups in total. The highest BCUT2D eigenvalue weighted by molar-refractivity contribution is 5.13. The van der Waals surface area contributed by atoms with Crippen LogP contribution in [-0.2, 0) is 6.18 Å². The number of hydrogen-bond acceptors (Lipinski definition) is 4. The third-order valence-electron chi connectivity index (χ3n) is 1.61. The van der Waals surface area contributed by atoms with Crippen LogP contribution in [0.2, 0.25) is 0 Å². The Morgan fingerprint density at radius 1 is 1.53 bits per heavy atom. The molecule has 1 atom stereocenters. The molecule has 0 radical (unpaired) electrons. The van der Waals surface area contributed by atoms with Crippen LogP contribution in [0.15, 0.2) is 12.3 Å². The molecule has 0 saturated heterocycles. The molecule has 0 aliphatic heterocycles. The van der Waals surface area contributed by atoms with E-state index < -0.39 is 24.4 Å². The van der Waals surface area contributed by atoms with Crippen molar-refractivity contribution in [3.05, 3.63) is 23.8 Å². The van der Waals surface area contributed by atoms with Crippen LogP contribution in [0.5, 0.6) is 0 Å². The van der Waals surface area contributed by atoms with Crippen molar-refractivity contribution in [3.8, 4) is 6.07 Å². The Labute approximate surface area is 83.0 Å². The molecule has 7 heteroatoms. The van der Waals surface area contributed by atoms with Crippen LogP contribution in [0, 0.1) is 11.3 Å². The van der Waals surface area contributed by atoms with Crippen molar-refractivity contribution < 1.29 is 18.3 Å². The van der Waals surface area contributed by atoms with E-state index in [2.05, 4.69) is 9.97 Å². The van der Waals surface area contributed by atoms with E-state index in [-0.39, 0.29) is 5.82 Å². The maximum absolute atomic E-state index is 12.2. The van der Waals surface area contributed by atoms with Crippen molar-refractivity contribution in [1.29, 1.82) is 5.26 Å². The molecular weight excluding hydrogens is 211 g/mol. The van der Waals surface area contributed by atoms with E-state index in [9.17, 15) is 13.2 Å². The minimum Gasteiger partial charge on any atom is -0.395 e. The second-order valence-corrected chi connectivity index (χ2v) is 2.66. The first-order valence-corrected chi connectivity index (χ1v) is 3.89. The fourth-order valence-corrected chi connectivity index (χ4v) is 0.880. The lowest BCUT2D eigenvalue weighted by molar-refractivity contribution is -0.141. The zero-order valence-corrected chi connectivity index (χ0v) is 7.36. The van der Waals surface area contributed by atoms with E-state index in [1.807, 2.05) is 0 Å². The number of aromatic nitrogens is 2. The minimum atomic E-state index is -4.58. The van der Waals surface area contributed by atoms with Crippen LogP contribution in [0.4, 0.5) is 13.2 Å². The molecule has 0 aromatic carbocycles. The Morgan fingerprint density at radius 2 is 2.20 bits per heavy atom. The topological polar surface area (TPSA) is 69.8 Å². The van der Waals surface area contributed by atoms with Crippen LogP contribution in [0.25, 0.3) is 0 Å². The molecule has 0 bridgehead atoms. The maximum Gasteiger partial charge on any atom is 0.433 e. The third kappa shape index (κ3) is 2.63. The number of aliphatic hydroxyl groups is 1. The van der Waals surface area contributed by atoms with E-state index in [1.165, 1.54) is 0 Å². The lowest BCUT2D eigenvalue weighted by Crippen LogP contribution is -2.13. The van der Waals surface area contributed by atoms with E-state index in [4.69, 9.17) is 10.4 Å². The van der Waals surface area contributed by atoms with Crippen LogP contribution < -0.4 is 0 Å². The van der Waals surface area contributed by atoms with E-state index in [0.717, 1.165) is 6.20 Å². The van der Waals surface area contributed by atoms with Gasteiger partial charge in [-0.2, -0.15) is 18.4 Å². The summed E-state index contributed by atoms with van der Waals surface area (Å²) < 4.78 is 36.6. The SMILES string of the molecule is N#CC(CO)c1nccc(C(F)(F)F)n1. The lowest BCUT2D eigenvalue weighted by Gasteiger charge is -2.08. The van der Waals surface area contributed by atoms with Gasteiger partial charge in [-0.1, -0.05) is 0 Å². The van der Waals surface area contributed by atoms with Crippen LogP contribution >= 0.6 is 0 Å². The quantitative estimate of drug-likeness (QED) is 0.805. The largest absolute Gasteiger partial charge is 0.433 e. The summed E-state index contributed by atoms with van der Waals surface area (Å²) in [7, 11) is 0. The summed E-state index contributed by atoms with van der Waals surface area (Å²) in [5, 5.41) is 17.2. The summed E-state index contributed by atoms with van der Waals surface area (Å²) in [4.78, 5) is 6.67. The predicted molar refractivity (Wildman–Crippen MR) is 42.5 cm³/mol. The summed E-state index contributed by atoms with van der Waals surface area (Å²) >= 11 is 0. The maximum atomic E-state index is 12.2. The molecule has 1 aromatic heterocycles. The fourth-order valence-electron chi connectivity index (χ4n) is 0.880. The van der Waals surface area contributed by atoms with Crippen molar-refractivity contribution in [2.75, 3.05) is 6.61 Å². The van der Waals surface area contributed by atoms with Crippen LogP contribution in [0.1, 0.15) is 17.4 Å². The average molecular weight is 217 g/mol. The molecule has 0 aliphatic carbocycles. The lowest BCUT2D eigenvalue weighted by atomic mass is 10.1. The third-order valence-corrected chi connectivity index (χ3v) is 1.61. The molecular formula is C8H6F3N3O. The first kappa shape index (κ1) is 11.4. The summed E-state index contributed by atoms with van der Waals surface area (Å²) in [5.41, 5.74) is -1.12. The van der Waals surface area contributed by atoms with Gasteiger partial charge < -0.3 is 5.11 Å². The van der Waals surface area contributed by atoms with Crippen molar-refractivity contribution >= 4 is 0 Å². The minimum absolute atomic E-state index is 0.324. The van der Waals surface area contributed by atoms with Gasteiger partial charge >= 0.3 is 6.18 Å². The highest BCUT2D eigenvalue weighted by atomic mass is 19.4. The molecule has 0 spiro atoms. The van der Waals surface area contributed by atoms with E-state index >= 15 is 0 Å². The van der Waals surface area contributed by atoms with Crippen molar-refractivity contribution in [3.63, 3.8) is 0 Å². The van der Waals surface area contributed by atoms with E-state index in [1.54, 1.807) is 6.07 Å². The Morgan fingerprint density at radius 3 is 2.67 bits per heavy atom. The summed E-state index contributed by atoms with van der Waals surface area (Å²) in [5.74, 6) is -1.46. The molecule has 15 heavy (non-hydrogen) atoms. The van der Waals surface area contributed by atoms with Crippen molar-refractivity contribution in [1.82, 2.24) is 9.97 Å². The average Bonchev–Trinajstić information content (AvgIpc) is 2.19. The molecule has 1 rings (SSSR count). The number of rotatable bonds is 2. The molecule has 1 aromatic rings. The Hall–Kier alpha value is -1.68. The van der Waals surface area contributed by atoms with Crippen molar-refractivity contribution in [2.45, 2.75) is 12.1 Å². The van der Waals surface area contributed by atoms with Crippen molar-refractivity contribution in [2.24, 2.45) is 0 Å². The summed E-state index contributed by atoms with van der Waals surface area (Å²) in [6, 6.07) is 2.31. The molecule has 4 nitrogen and oxygen atoms in total. The Balaban J connectivity index is 3.09. The van der Waals surface area contributed by atoms with Gasteiger partial charge in [0.15, 0.2) is 0 Å². The molecule has 0 amide bonds. The number of hydrogen-bond donors (Lipinski definition) is 1. The van der Waals surface area contributed by atoms with Gasteiger partial charge in [-0.3, -0.25) is 0 Å². The number of nitrogens with zero attached hydrogens (tertiary/aromatic N) is 3. The van der Waals surface area contributed by atoms with Gasteiger partial charge in [0.2, 0.25) is 0 Å². The van der Waals surface area contributed by atoms with Gasteiger partial charge in [0.1, 0.15) is 17.4 Å². The van der Waals surface area contributed by atoms with Gasteiger partial charge in [0, 0.05) is 6.20 Å². The second-order valence-electron chi connectivity index (χ2n) is 2.66. The van der Waals surface area contributed by atoms with Crippen LogP contribution in [-0.4, -0.2) is 21.7 Å². The zero-order valence-electron chi connectivity index (χ0n) is 7.36. The monoisotopic (exact) mass is 217 g/mol. The number of aliphatic hydroxyl groups excluding tert-OH is 1. The van der Waals surface area contributed by atoms with Gasteiger partial charge in [0.05, 0.1) is 12.7 Å². The molecule has 80 valence electrons. The number of halogens is 3. The fraction of sp³-hybridized carbons (Fsp3) is 0.375. The zero-order chi connectivity index (χ0) is 11.5. The molecule has 0 aliphatic rings. The molecule has 1 unspecified atom stereocenters. The molecule has 0 fully saturated rings. The highest BCUT2D eigenvalue weighted by Gasteiger charge is 2.33. The Kier molecular flexibility index (Phi) is 3.21. The molecule has 0 saturated carbocycles. The van der Waals surface area contributed by atoms with Gasteiger partial charge in [-0.05, 0) is 6.07 Å². The normalized spacial score (nSPS) is 13.3. The summed E-state index contributed by atoms with van der Waals surface area (Å²) in [6.45, 7) is -0.613. The standard InChI is InChI=1S/C8H6F3N3O/c9-8(10,11)6-1-2-13-7(14-6)5(3-12)4-15/h1-2,5,15H,4H2. The van der Waals surface area contributed by atoms with Gasteiger partial charge in [0.25, 0.3) is 0 Å². The van der Waals surface area contributed by atoms with Gasteiger partial charge in [-0.15, -0.1) is 0 Å². The first-order chi connectivity index (χ1) is 6.99. The Bertz CT molecular complexity index is 385. The summed E-state index contributed by atoms with van der Waals surface area (Å²) in [6.07, 6.45) is -3.67. The first-order valence-electron chi connectivity index (χ1n) is 3.89. The smallest absolute Gasteiger partial charge is 0.395 e. The van der Waals surface area contributed by atoms with Crippen LogP contribution in [0.3, 0.4) is 0 Å².